The van der Waals surface area contributed by atoms with Gasteiger partial charge in [-0.2, -0.15) is 0 Å². The van der Waals surface area contributed by atoms with Crippen LogP contribution in [0, 0.1) is 0 Å². The molecule has 2 fully saturated rings. The van der Waals surface area contributed by atoms with Crippen molar-refractivity contribution in [2.24, 2.45) is 0 Å². The van der Waals surface area contributed by atoms with Gasteiger partial charge >= 0.3 is 0 Å². The van der Waals surface area contributed by atoms with Gasteiger partial charge in [-0.15, -0.1) is 12.4 Å². The Morgan fingerprint density at radius 2 is 2.05 bits per heavy atom. The summed E-state index contributed by atoms with van der Waals surface area (Å²) in [6.07, 6.45) is 2.79. The van der Waals surface area contributed by atoms with Crippen LogP contribution in [-0.4, -0.2) is 30.1 Å². The summed E-state index contributed by atoms with van der Waals surface area (Å²) in [4.78, 5) is 2.60. The van der Waals surface area contributed by atoms with Gasteiger partial charge in [-0.25, -0.2) is 0 Å². The molecule has 0 aromatic heterocycles. The number of nitrogens with zero attached hydrogens (tertiary/aromatic N) is 1. The van der Waals surface area contributed by atoms with Crippen molar-refractivity contribution in [3.8, 4) is 0 Å². The highest BCUT2D eigenvalue weighted by Crippen LogP contribution is 2.40. The molecule has 1 N–H and O–H groups in total. The lowest BCUT2D eigenvalue weighted by Gasteiger charge is -2.37. The van der Waals surface area contributed by atoms with Gasteiger partial charge in [0.05, 0.1) is 0 Å². The van der Waals surface area contributed by atoms with Crippen molar-refractivity contribution >= 4 is 12.4 Å². The Bertz CT molecular complexity index is 417. The highest BCUT2D eigenvalue weighted by molar-refractivity contribution is 5.85. The molecule has 1 aliphatic carbocycles. The van der Waals surface area contributed by atoms with Crippen LogP contribution in [0.5, 0.6) is 0 Å². The second kappa shape index (κ2) is 6.25. The van der Waals surface area contributed by atoms with E-state index in [0.29, 0.717) is 12.1 Å². The lowest BCUT2D eigenvalue weighted by Crippen LogP contribution is -2.53. The fourth-order valence-corrected chi connectivity index (χ4v) is 2.91. The molecule has 2 nitrogen and oxygen atoms in total. The number of benzene rings is 1. The van der Waals surface area contributed by atoms with Crippen LogP contribution in [0.4, 0.5) is 0 Å². The van der Waals surface area contributed by atoms with Gasteiger partial charge in [0.2, 0.25) is 0 Å². The van der Waals surface area contributed by atoms with Crippen LogP contribution in [-0.2, 0) is 6.54 Å². The first kappa shape index (κ1) is 14.8. The van der Waals surface area contributed by atoms with Gasteiger partial charge < -0.3 is 5.32 Å². The normalized spacial score (nSPS) is 27.9. The molecule has 106 valence electrons. The molecule has 0 amide bonds. The van der Waals surface area contributed by atoms with Crippen LogP contribution >= 0.6 is 12.4 Å². The lowest BCUT2D eigenvalue weighted by atomic mass is 10.0. The minimum absolute atomic E-state index is 0. The molecular formula is C16H25ClN2. The Morgan fingerprint density at radius 3 is 2.79 bits per heavy atom. The summed E-state index contributed by atoms with van der Waals surface area (Å²) in [6.45, 7) is 7.98. The molecule has 19 heavy (non-hydrogen) atoms. The Morgan fingerprint density at radius 1 is 1.26 bits per heavy atom. The minimum atomic E-state index is 0. The molecule has 1 aromatic rings. The van der Waals surface area contributed by atoms with Crippen molar-refractivity contribution in [2.45, 2.75) is 51.2 Å². The Kier molecular flexibility index (Phi) is 4.88. The van der Waals surface area contributed by atoms with Gasteiger partial charge in [-0.1, -0.05) is 24.3 Å². The first-order valence-electron chi connectivity index (χ1n) is 7.28. The molecule has 1 aliphatic heterocycles. The third-order valence-electron chi connectivity index (χ3n) is 4.28. The summed E-state index contributed by atoms with van der Waals surface area (Å²) in [5.41, 5.74) is 3.05. The topological polar surface area (TPSA) is 15.3 Å². The van der Waals surface area contributed by atoms with Gasteiger partial charge in [-0.3, -0.25) is 4.90 Å². The van der Waals surface area contributed by atoms with Gasteiger partial charge in [0, 0.05) is 31.7 Å². The maximum atomic E-state index is 3.55. The molecule has 0 spiro atoms. The zero-order valence-electron chi connectivity index (χ0n) is 11.9. The van der Waals surface area contributed by atoms with E-state index in [9.17, 15) is 0 Å². The third kappa shape index (κ3) is 3.71. The number of hydrogen-bond donors (Lipinski definition) is 1. The average Bonchev–Trinajstić information content (AvgIpc) is 3.18. The van der Waals surface area contributed by atoms with Crippen molar-refractivity contribution in [1.29, 1.82) is 0 Å². The van der Waals surface area contributed by atoms with Gasteiger partial charge in [0.1, 0.15) is 0 Å². The number of hydrogen-bond acceptors (Lipinski definition) is 2. The highest BCUT2D eigenvalue weighted by atomic mass is 35.5. The monoisotopic (exact) mass is 280 g/mol. The molecule has 2 unspecified atom stereocenters. The van der Waals surface area contributed by atoms with E-state index in [1.807, 2.05) is 0 Å². The molecule has 1 saturated carbocycles. The van der Waals surface area contributed by atoms with Crippen molar-refractivity contribution in [3.63, 3.8) is 0 Å². The molecule has 3 heteroatoms. The average molecular weight is 281 g/mol. The molecule has 2 aliphatic rings. The van der Waals surface area contributed by atoms with E-state index in [0.717, 1.165) is 25.6 Å². The quantitative estimate of drug-likeness (QED) is 0.915. The third-order valence-corrected chi connectivity index (χ3v) is 4.28. The first-order valence-corrected chi connectivity index (χ1v) is 7.28. The Hall–Kier alpha value is -0.570. The van der Waals surface area contributed by atoms with E-state index in [2.05, 4.69) is 48.3 Å². The molecule has 1 saturated heterocycles. The zero-order valence-corrected chi connectivity index (χ0v) is 12.7. The number of halogens is 1. The van der Waals surface area contributed by atoms with Crippen LogP contribution in [0.1, 0.15) is 43.7 Å². The van der Waals surface area contributed by atoms with Crippen molar-refractivity contribution in [2.75, 3.05) is 13.1 Å². The zero-order chi connectivity index (χ0) is 12.5. The highest BCUT2D eigenvalue weighted by Gasteiger charge is 2.25. The largest absolute Gasteiger partial charge is 0.311 e. The van der Waals surface area contributed by atoms with E-state index in [-0.39, 0.29) is 12.4 Å². The van der Waals surface area contributed by atoms with Crippen LogP contribution < -0.4 is 5.32 Å². The molecule has 1 aromatic carbocycles. The first-order chi connectivity index (χ1) is 8.72. The van der Waals surface area contributed by atoms with Gasteiger partial charge in [-0.05, 0) is 43.7 Å². The van der Waals surface area contributed by atoms with Crippen LogP contribution in [0.25, 0.3) is 0 Å². The van der Waals surface area contributed by atoms with E-state index < -0.39 is 0 Å². The van der Waals surface area contributed by atoms with Crippen LogP contribution in [0.2, 0.25) is 0 Å². The molecule has 0 bridgehead atoms. The van der Waals surface area contributed by atoms with Gasteiger partial charge in [0.15, 0.2) is 0 Å². The predicted molar refractivity (Wildman–Crippen MR) is 83.0 cm³/mol. The second-order valence-corrected chi connectivity index (χ2v) is 6.11. The molecule has 1 heterocycles. The van der Waals surface area contributed by atoms with Crippen LogP contribution in [0.15, 0.2) is 24.3 Å². The molecule has 0 radical (unpaired) electrons. The number of piperazine rings is 1. The summed E-state index contributed by atoms with van der Waals surface area (Å²) < 4.78 is 0. The maximum absolute atomic E-state index is 3.55. The number of rotatable bonds is 3. The number of nitrogens with one attached hydrogen (secondary N) is 1. The minimum Gasteiger partial charge on any atom is -0.311 e. The van der Waals surface area contributed by atoms with Crippen molar-refractivity contribution in [1.82, 2.24) is 10.2 Å². The van der Waals surface area contributed by atoms with E-state index in [1.54, 1.807) is 5.56 Å². The fraction of sp³-hybridized carbons (Fsp3) is 0.625. The van der Waals surface area contributed by atoms with Crippen molar-refractivity contribution < 1.29 is 0 Å². The fourth-order valence-electron chi connectivity index (χ4n) is 2.91. The molecule has 2 atom stereocenters. The smallest absolute Gasteiger partial charge is 0.0237 e. The lowest BCUT2D eigenvalue weighted by molar-refractivity contribution is 0.139. The Labute approximate surface area is 123 Å². The standard InChI is InChI=1S/C16H24N2.ClH/c1-12-10-18(13(2)9-17-12)11-14-4-3-5-16(8-14)15-6-7-15;/h3-5,8,12-13,15,17H,6-7,9-11H2,1-2H3;1H. The summed E-state index contributed by atoms with van der Waals surface area (Å²) in [5, 5.41) is 3.55. The molecular weight excluding hydrogens is 256 g/mol. The summed E-state index contributed by atoms with van der Waals surface area (Å²) in [7, 11) is 0. The second-order valence-electron chi connectivity index (χ2n) is 6.11. The Balaban J connectivity index is 0.00000133. The molecule has 3 rings (SSSR count). The van der Waals surface area contributed by atoms with E-state index in [1.165, 1.54) is 18.4 Å². The summed E-state index contributed by atoms with van der Waals surface area (Å²) in [5.74, 6) is 0.865. The van der Waals surface area contributed by atoms with E-state index >= 15 is 0 Å². The predicted octanol–water partition coefficient (Wildman–Crippen LogP) is 3.17. The van der Waals surface area contributed by atoms with Gasteiger partial charge in [0.25, 0.3) is 0 Å². The summed E-state index contributed by atoms with van der Waals surface area (Å²) in [6, 6.07) is 10.5. The van der Waals surface area contributed by atoms with E-state index in [4.69, 9.17) is 0 Å². The maximum Gasteiger partial charge on any atom is 0.0237 e. The van der Waals surface area contributed by atoms with Crippen LogP contribution in [0.3, 0.4) is 0 Å². The SMILES string of the molecule is CC1CN(Cc2cccc(C3CC3)c2)C(C)CN1.Cl. The van der Waals surface area contributed by atoms with Crippen molar-refractivity contribution in [3.05, 3.63) is 35.4 Å². The summed E-state index contributed by atoms with van der Waals surface area (Å²) >= 11 is 0.